The lowest BCUT2D eigenvalue weighted by Crippen LogP contribution is -2.48. The minimum atomic E-state index is -0.648. The van der Waals surface area contributed by atoms with Crippen LogP contribution in [0.2, 0.25) is 0 Å². The molecule has 0 radical (unpaired) electrons. The first-order valence-electron chi connectivity index (χ1n) is 10.9. The summed E-state index contributed by atoms with van der Waals surface area (Å²) in [7, 11) is 1.53. The Hall–Kier alpha value is -2.87. The molecule has 0 aliphatic carbocycles. The van der Waals surface area contributed by atoms with Crippen LogP contribution in [0.3, 0.4) is 0 Å². The number of nitrogens with zero attached hydrogens (tertiary/aromatic N) is 1. The Morgan fingerprint density at radius 3 is 2.38 bits per heavy atom. The molecular formula is C24H35N3O5. The van der Waals surface area contributed by atoms with E-state index < -0.39 is 12.0 Å². The molecule has 2 rings (SSSR count). The van der Waals surface area contributed by atoms with E-state index in [9.17, 15) is 14.4 Å². The van der Waals surface area contributed by atoms with Crippen LogP contribution in [0.25, 0.3) is 0 Å². The molecule has 2 N–H and O–H groups in total. The lowest BCUT2D eigenvalue weighted by atomic mass is 9.92. The molecule has 1 aliphatic rings. The number of hydrogen-bond acceptors (Lipinski definition) is 5. The molecule has 0 aromatic heterocycles. The minimum absolute atomic E-state index is 0.0652. The summed E-state index contributed by atoms with van der Waals surface area (Å²) in [5, 5.41) is 5.81. The lowest BCUT2D eigenvalue weighted by molar-refractivity contribution is -0.141. The van der Waals surface area contributed by atoms with Gasteiger partial charge in [0.1, 0.15) is 6.61 Å². The van der Waals surface area contributed by atoms with Gasteiger partial charge < -0.3 is 20.1 Å². The van der Waals surface area contributed by atoms with Crippen molar-refractivity contribution in [1.82, 2.24) is 10.2 Å². The third kappa shape index (κ3) is 6.82. The molecule has 1 atom stereocenters. The highest BCUT2D eigenvalue weighted by molar-refractivity contribution is 5.95. The van der Waals surface area contributed by atoms with Crippen molar-refractivity contribution in [3.8, 4) is 0 Å². The molecule has 0 saturated carbocycles. The molecule has 1 aliphatic heterocycles. The predicted octanol–water partition coefficient (Wildman–Crippen LogP) is 4.00. The molecule has 32 heavy (non-hydrogen) atoms. The maximum absolute atomic E-state index is 12.9. The van der Waals surface area contributed by atoms with E-state index in [2.05, 4.69) is 10.6 Å². The van der Waals surface area contributed by atoms with E-state index in [1.807, 2.05) is 27.7 Å². The van der Waals surface area contributed by atoms with Crippen LogP contribution in [0.1, 0.15) is 59.1 Å². The SMILES string of the molecule is CCCN1C(=O)NC(c2ccc(NC(=O)CC(C)(C)C)cc2)C(C(=O)OCCOC)=C1C. The number of rotatable bonds is 9. The lowest BCUT2D eigenvalue weighted by Gasteiger charge is -2.35. The topological polar surface area (TPSA) is 97.0 Å². The molecule has 176 valence electrons. The van der Waals surface area contributed by atoms with Gasteiger partial charge in [0.05, 0.1) is 18.2 Å². The van der Waals surface area contributed by atoms with Crippen LogP contribution in [0.15, 0.2) is 35.5 Å². The minimum Gasteiger partial charge on any atom is -0.460 e. The molecule has 0 spiro atoms. The average molecular weight is 446 g/mol. The number of urea groups is 1. The molecule has 8 heteroatoms. The number of carbonyl (C=O) groups excluding carboxylic acids is 3. The first kappa shape index (κ1) is 25.4. The zero-order valence-electron chi connectivity index (χ0n) is 19.9. The van der Waals surface area contributed by atoms with Gasteiger partial charge in [-0.2, -0.15) is 0 Å². The van der Waals surface area contributed by atoms with Gasteiger partial charge in [-0.05, 0) is 36.5 Å². The summed E-state index contributed by atoms with van der Waals surface area (Å²) in [6.45, 7) is 10.7. The summed E-state index contributed by atoms with van der Waals surface area (Å²) in [4.78, 5) is 39.4. The second-order valence-corrected chi connectivity index (χ2v) is 9.07. The van der Waals surface area contributed by atoms with Crippen molar-refractivity contribution in [3.05, 3.63) is 41.1 Å². The van der Waals surface area contributed by atoms with Crippen LogP contribution in [0.4, 0.5) is 10.5 Å². The molecule has 8 nitrogen and oxygen atoms in total. The van der Waals surface area contributed by atoms with Gasteiger partial charge >= 0.3 is 12.0 Å². The molecule has 1 unspecified atom stereocenters. The summed E-state index contributed by atoms with van der Waals surface area (Å²) < 4.78 is 10.3. The van der Waals surface area contributed by atoms with E-state index in [4.69, 9.17) is 9.47 Å². The second-order valence-electron chi connectivity index (χ2n) is 9.07. The molecule has 0 saturated heterocycles. The predicted molar refractivity (Wildman–Crippen MR) is 123 cm³/mol. The molecule has 3 amide bonds. The highest BCUT2D eigenvalue weighted by Gasteiger charge is 2.36. The third-order valence-electron chi connectivity index (χ3n) is 5.00. The van der Waals surface area contributed by atoms with Crippen molar-refractivity contribution in [1.29, 1.82) is 0 Å². The fraction of sp³-hybridized carbons (Fsp3) is 0.542. The number of carbonyl (C=O) groups is 3. The fourth-order valence-corrected chi connectivity index (χ4v) is 3.53. The van der Waals surface area contributed by atoms with Crippen LogP contribution in [0, 0.1) is 5.41 Å². The van der Waals surface area contributed by atoms with E-state index in [0.29, 0.717) is 29.9 Å². The third-order valence-corrected chi connectivity index (χ3v) is 5.00. The number of esters is 1. The van der Waals surface area contributed by atoms with Gasteiger partial charge in [-0.3, -0.25) is 9.69 Å². The van der Waals surface area contributed by atoms with Crippen molar-refractivity contribution in [2.75, 3.05) is 32.2 Å². The summed E-state index contributed by atoms with van der Waals surface area (Å²) >= 11 is 0. The van der Waals surface area contributed by atoms with Crippen molar-refractivity contribution >= 4 is 23.6 Å². The molecule has 1 aromatic carbocycles. The molecular weight excluding hydrogens is 410 g/mol. The van der Waals surface area contributed by atoms with Crippen LogP contribution >= 0.6 is 0 Å². The Labute approximate surface area is 190 Å². The number of benzene rings is 1. The van der Waals surface area contributed by atoms with Crippen molar-refractivity contribution in [2.24, 2.45) is 5.41 Å². The number of methoxy groups -OCH3 is 1. The van der Waals surface area contributed by atoms with Crippen molar-refractivity contribution in [2.45, 2.75) is 53.5 Å². The standard InChI is InChI=1S/C24H35N3O5/c1-7-12-27-16(2)20(22(29)32-14-13-31-6)21(26-23(27)30)17-8-10-18(11-9-17)25-19(28)15-24(3,4)5/h8-11,21H,7,12-15H2,1-6H3,(H,25,28)(H,26,30). The number of hydrogen-bond donors (Lipinski definition) is 2. The maximum atomic E-state index is 12.9. The Balaban J connectivity index is 2.29. The Morgan fingerprint density at radius 1 is 1.16 bits per heavy atom. The zero-order chi connectivity index (χ0) is 23.9. The van der Waals surface area contributed by atoms with E-state index in [1.165, 1.54) is 7.11 Å². The van der Waals surface area contributed by atoms with E-state index in [-0.39, 0.29) is 30.6 Å². The number of allylic oxidation sites excluding steroid dienone is 1. The quantitative estimate of drug-likeness (QED) is 0.442. The van der Waals surface area contributed by atoms with Crippen molar-refractivity contribution in [3.63, 3.8) is 0 Å². The molecule has 0 bridgehead atoms. The number of nitrogens with one attached hydrogen (secondary N) is 2. The Morgan fingerprint density at radius 2 is 1.81 bits per heavy atom. The number of amides is 3. The van der Waals surface area contributed by atoms with Gasteiger partial charge in [0, 0.05) is 31.5 Å². The first-order chi connectivity index (χ1) is 15.1. The highest BCUT2D eigenvalue weighted by atomic mass is 16.6. The number of ether oxygens (including phenoxy) is 2. The van der Waals surface area contributed by atoms with E-state index in [0.717, 1.165) is 12.0 Å². The van der Waals surface area contributed by atoms with Crippen molar-refractivity contribution < 1.29 is 23.9 Å². The first-order valence-corrected chi connectivity index (χ1v) is 10.9. The molecule has 1 heterocycles. The van der Waals surface area contributed by atoms with Gasteiger partial charge in [0.2, 0.25) is 5.91 Å². The largest absolute Gasteiger partial charge is 0.460 e. The summed E-state index contributed by atoms with van der Waals surface area (Å²) in [5.41, 5.74) is 2.23. The smallest absolute Gasteiger partial charge is 0.338 e. The van der Waals surface area contributed by atoms with Crippen LogP contribution < -0.4 is 10.6 Å². The Bertz CT molecular complexity index is 855. The van der Waals surface area contributed by atoms with E-state index >= 15 is 0 Å². The highest BCUT2D eigenvalue weighted by Crippen LogP contribution is 2.32. The van der Waals surface area contributed by atoms with Gasteiger partial charge in [0.25, 0.3) is 0 Å². The maximum Gasteiger partial charge on any atom is 0.338 e. The number of anilines is 1. The van der Waals surface area contributed by atoms with Crippen LogP contribution in [0.5, 0.6) is 0 Å². The van der Waals surface area contributed by atoms with Gasteiger partial charge in [-0.1, -0.05) is 39.8 Å². The van der Waals surface area contributed by atoms with Gasteiger partial charge in [-0.25, -0.2) is 9.59 Å². The Kier molecular flexibility index (Phi) is 8.83. The molecule has 0 fully saturated rings. The zero-order valence-corrected chi connectivity index (χ0v) is 19.9. The monoisotopic (exact) mass is 445 g/mol. The summed E-state index contributed by atoms with van der Waals surface area (Å²) in [5.74, 6) is -0.558. The van der Waals surface area contributed by atoms with Crippen LogP contribution in [-0.4, -0.2) is 49.7 Å². The van der Waals surface area contributed by atoms with Gasteiger partial charge in [-0.15, -0.1) is 0 Å². The summed E-state index contributed by atoms with van der Waals surface area (Å²) in [6, 6.07) is 6.22. The second kappa shape index (κ2) is 11.1. The molecule has 1 aromatic rings. The van der Waals surface area contributed by atoms with Crippen LogP contribution in [-0.2, 0) is 19.1 Å². The normalized spacial score (nSPS) is 16.6. The average Bonchev–Trinajstić information content (AvgIpc) is 2.70. The van der Waals surface area contributed by atoms with Gasteiger partial charge in [0.15, 0.2) is 0 Å². The fourth-order valence-electron chi connectivity index (χ4n) is 3.53. The summed E-state index contributed by atoms with van der Waals surface area (Å²) in [6.07, 6.45) is 1.16. The van der Waals surface area contributed by atoms with E-state index in [1.54, 1.807) is 36.1 Å².